The van der Waals surface area contributed by atoms with Gasteiger partial charge in [0.05, 0.1) is 0 Å². The van der Waals surface area contributed by atoms with Crippen molar-refractivity contribution in [3.05, 3.63) is 35.9 Å². The Kier molecular flexibility index (Phi) is 4.09. The van der Waals surface area contributed by atoms with Crippen LogP contribution in [0.4, 0.5) is 13.2 Å². The quantitative estimate of drug-likeness (QED) is 0.666. The van der Waals surface area contributed by atoms with Crippen LogP contribution in [0, 0.1) is 0 Å². The zero-order chi connectivity index (χ0) is 13.8. The number of aliphatic carboxylic acids is 1. The number of carbonyl (C=O) groups is 2. The third-order valence-electron chi connectivity index (χ3n) is 1.75. The van der Waals surface area contributed by atoms with Gasteiger partial charge in [0.15, 0.2) is 0 Å². The van der Waals surface area contributed by atoms with Crippen LogP contribution in [0.1, 0.15) is 5.56 Å². The summed E-state index contributed by atoms with van der Waals surface area (Å²) in [6.07, 6.45) is -2.79. The maximum Gasteiger partial charge on any atom is 0.573 e. The van der Waals surface area contributed by atoms with E-state index in [1.807, 2.05) is 0 Å². The van der Waals surface area contributed by atoms with Crippen LogP contribution in [0.25, 0.3) is 6.08 Å². The number of carboxylic acids is 1. The van der Waals surface area contributed by atoms with Crippen molar-refractivity contribution in [2.75, 3.05) is 0 Å². The van der Waals surface area contributed by atoms with E-state index in [0.29, 0.717) is 5.56 Å². The fourth-order valence-electron chi connectivity index (χ4n) is 1.02. The highest BCUT2D eigenvalue weighted by Crippen LogP contribution is 2.22. The van der Waals surface area contributed by atoms with Crippen LogP contribution < -0.4 is 4.74 Å². The Bertz CT molecular complexity index is 474. The normalized spacial score (nSPS) is 11.5. The summed E-state index contributed by atoms with van der Waals surface area (Å²) in [5.74, 6) is -3.13. The number of halogens is 3. The van der Waals surface area contributed by atoms with Crippen molar-refractivity contribution in [2.24, 2.45) is 0 Å². The van der Waals surface area contributed by atoms with Gasteiger partial charge in [-0.1, -0.05) is 18.2 Å². The minimum Gasteiger partial charge on any atom is -0.475 e. The fourth-order valence-corrected chi connectivity index (χ4v) is 1.02. The highest BCUT2D eigenvalue weighted by Gasteiger charge is 2.30. The highest BCUT2D eigenvalue weighted by molar-refractivity contribution is 6.38. The van der Waals surface area contributed by atoms with Crippen molar-refractivity contribution >= 4 is 17.8 Å². The molecule has 0 bridgehead atoms. The molecule has 0 amide bonds. The minimum absolute atomic E-state index is 0.374. The summed E-state index contributed by atoms with van der Waals surface area (Å²) in [7, 11) is 0. The average molecular weight is 260 g/mol. The van der Waals surface area contributed by atoms with Gasteiger partial charge in [0, 0.05) is 0 Å². The Labute approximate surface area is 99.3 Å². The maximum atomic E-state index is 11.8. The predicted molar refractivity (Wildman–Crippen MR) is 54.8 cm³/mol. The Morgan fingerprint density at radius 1 is 1.17 bits per heavy atom. The first-order valence-electron chi connectivity index (χ1n) is 4.59. The summed E-state index contributed by atoms with van der Waals surface area (Å²) in [6, 6.07) is 4.62. The molecule has 0 aliphatic rings. The SMILES string of the molecule is O=C(O)C(=O)/C=C/c1ccc(OC(F)(F)F)cc1. The van der Waals surface area contributed by atoms with E-state index in [0.717, 1.165) is 18.2 Å². The zero-order valence-electron chi connectivity index (χ0n) is 8.77. The molecule has 0 fully saturated rings. The van der Waals surface area contributed by atoms with Crippen LogP contribution in [-0.2, 0) is 9.59 Å². The van der Waals surface area contributed by atoms with E-state index >= 15 is 0 Å². The Hall–Kier alpha value is -2.31. The summed E-state index contributed by atoms with van der Waals surface area (Å²) in [5, 5.41) is 8.29. The molecule has 0 saturated heterocycles. The van der Waals surface area contributed by atoms with E-state index in [1.165, 1.54) is 18.2 Å². The van der Waals surface area contributed by atoms with Crippen molar-refractivity contribution in [2.45, 2.75) is 6.36 Å². The Balaban J connectivity index is 2.72. The lowest BCUT2D eigenvalue weighted by Crippen LogP contribution is -2.16. The zero-order valence-corrected chi connectivity index (χ0v) is 8.77. The first-order chi connectivity index (χ1) is 8.28. The predicted octanol–water partition coefficient (Wildman–Crippen LogP) is 2.25. The molecule has 0 aliphatic heterocycles. The summed E-state index contributed by atoms with van der Waals surface area (Å²) in [5.41, 5.74) is 0.374. The monoisotopic (exact) mass is 260 g/mol. The van der Waals surface area contributed by atoms with Crippen LogP contribution in [0.15, 0.2) is 30.3 Å². The van der Waals surface area contributed by atoms with E-state index in [-0.39, 0.29) is 0 Å². The van der Waals surface area contributed by atoms with E-state index in [4.69, 9.17) is 5.11 Å². The summed E-state index contributed by atoms with van der Waals surface area (Å²) in [6.45, 7) is 0. The maximum absolute atomic E-state index is 11.8. The number of ether oxygens (including phenoxy) is 1. The molecule has 0 aromatic heterocycles. The van der Waals surface area contributed by atoms with E-state index < -0.39 is 23.9 Å². The van der Waals surface area contributed by atoms with Gasteiger partial charge in [-0.05, 0) is 23.8 Å². The van der Waals surface area contributed by atoms with E-state index in [2.05, 4.69) is 4.74 Å². The molecular formula is C11H7F3O4. The fraction of sp³-hybridized carbons (Fsp3) is 0.0909. The number of alkyl halides is 3. The van der Waals surface area contributed by atoms with Crippen LogP contribution in [0.5, 0.6) is 5.75 Å². The molecule has 7 heteroatoms. The molecule has 1 rings (SSSR count). The molecule has 1 aromatic rings. The van der Waals surface area contributed by atoms with Gasteiger partial charge in [-0.3, -0.25) is 4.79 Å². The smallest absolute Gasteiger partial charge is 0.475 e. The number of carbonyl (C=O) groups excluding carboxylic acids is 1. The van der Waals surface area contributed by atoms with Gasteiger partial charge in [0.25, 0.3) is 5.78 Å². The second-order valence-corrected chi connectivity index (χ2v) is 3.12. The van der Waals surface area contributed by atoms with Crippen LogP contribution in [0.3, 0.4) is 0 Å². The molecule has 0 heterocycles. The minimum atomic E-state index is -4.77. The van der Waals surface area contributed by atoms with Gasteiger partial charge in [-0.15, -0.1) is 13.2 Å². The van der Waals surface area contributed by atoms with Gasteiger partial charge in [-0.25, -0.2) is 4.79 Å². The molecule has 0 radical (unpaired) electrons. The number of benzene rings is 1. The third-order valence-corrected chi connectivity index (χ3v) is 1.75. The standard InChI is InChI=1S/C11H7F3O4/c12-11(13,14)18-8-4-1-7(2-5-8)3-6-9(15)10(16)17/h1-6H,(H,16,17)/b6-3+. The molecule has 0 aliphatic carbocycles. The second-order valence-electron chi connectivity index (χ2n) is 3.12. The number of ketones is 1. The molecule has 1 aromatic carbocycles. The largest absolute Gasteiger partial charge is 0.573 e. The van der Waals surface area contributed by atoms with Gasteiger partial charge >= 0.3 is 12.3 Å². The van der Waals surface area contributed by atoms with Crippen molar-refractivity contribution < 1.29 is 32.6 Å². The third kappa shape index (κ3) is 4.69. The van der Waals surface area contributed by atoms with Gasteiger partial charge in [0.2, 0.25) is 0 Å². The van der Waals surface area contributed by atoms with Gasteiger partial charge in [0.1, 0.15) is 5.75 Å². The molecular weight excluding hydrogens is 253 g/mol. The summed E-state index contributed by atoms with van der Waals surface area (Å²) in [4.78, 5) is 20.9. The molecule has 0 unspecified atom stereocenters. The van der Waals surface area contributed by atoms with Crippen molar-refractivity contribution in [1.29, 1.82) is 0 Å². The first-order valence-corrected chi connectivity index (χ1v) is 4.59. The molecule has 1 N–H and O–H groups in total. The molecule has 0 spiro atoms. The number of hydrogen-bond donors (Lipinski definition) is 1. The lowest BCUT2D eigenvalue weighted by Gasteiger charge is -2.08. The second kappa shape index (κ2) is 5.35. The van der Waals surface area contributed by atoms with Crippen LogP contribution >= 0.6 is 0 Å². The van der Waals surface area contributed by atoms with Gasteiger partial charge in [-0.2, -0.15) is 0 Å². The molecule has 0 saturated carbocycles. The number of rotatable bonds is 4. The topological polar surface area (TPSA) is 63.6 Å². The number of hydrogen-bond acceptors (Lipinski definition) is 3. The van der Waals surface area contributed by atoms with Crippen molar-refractivity contribution in [1.82, 2.24) is 0 Å². The van der Waals surface area contributed by atoms with Crippen LogP contribution in [0.2, 0.25) is 0 Å². The molecule has 0 atom stereocenters. The van der Waals surface area contributed by atoms with Crippen molar-refractivity contribution in [3.8, 4) is 5.75 Å². The summed E-state index contributed by atoms with van der Waals surface area (Å²) < 4.78 is 39.2. The average Bonchev–Trinajstić information content (AvgIpc) is 2.25. The first kappa shape index (κ1) is 13.8. The highest BCUT2D eigenvalue weighted by atomic mass is 19.4. The van der Waals surface area contributed by atoms with Crippen LogP contribution in [-0.4, -0.2) is 23.2 Å². The van der Waals surface area contributed by atoms with E-state index in [1.54, 1.807) is 0 Å². The van der Waals surface area contributed by atoms with Crippen molar-refractivity contribution in [3.63, 3.8) is 0 Å². The molecule has 96 valence electrons. The Morgan fingerprint density at radius 2 is 1.72 bits per heavy atom. The Morgan fingerprint density at radius 3 is 2.17 bits per heavy atom. The van der Waals surface area contributed by atoms with E-state index in [9.17, 15) is 22.8 Å². The lowest BCUT2D eigenvalue weighted by molar-refractivity contribution is -0.274. The summed E-state index contributed by atoms with van der Waals surface area (Å²) >= 11 is 0. The lowest BCUT2D eigenvalue weighted by atomic mass is 10.2. The molecule has 18 heavy (non-hydrogen) atoms. The molecule has 4 nitrogen and oxygen atoms in total. The number of carboxylic acid groups (broad SMARTS) is 1. The van der Waals surface area contributed by atoms with Gasteiger partial charge < -0.3 is 9.84 Å².